The fourth-order valence-electron chi connectivity index (χ4n) is 4.02. The molecule has 0 unspecified atom stereocenters. The lowest BCUT2D eigenvalue weighted by Crippen LogP contribution is -2.27. The van der Waals surface area contributed by atoms with Crippen LogP contribution in [0.5, 0.6) is 0 Å². The number of hydrogen-bond donors (Lipinski definition) is 1. The van der Waals surface area contributed by atoms with E-state index in [0.29, 0.717) is 33.8 Å². The maximum Gasteiger partial charge on any atom is 0.337 e. The third-order valence-electron chi connectivity index (χ3n) is 6.52. The van der Waals surface area contributed by atoms with Crippen molar-refractivity contribution in [2.75, 3.05) is 36.3 Å². The van der Waals surface area contributed by atoms with E-state index < -0.39 is 10.9 Å². The number of hydrogen-bond acceptors (Lipinski definition) is 7. The zero-order valence-corrected chi connectivity index (χ0v) is 22.9. The molecule has 11 nitrogen and oxygen atoms in total. The summed E-state index contributed by atoms with van der Waals surface area (Å²) in [5, 5.41) is 13.6. The minimum absolute atomic E-state index is 0.108. The average Bonchev–Trinajstić information content (AvgIpc) is 3.03. The third kappa shape index (κ3) is 6.48. The van der Waals surface area contributed by atoms with Crippen LogP contribution in [-0.4, -0.2) is 49.8 Å². The number of nitrogens with one attached hydrogen (secondary N) is 1. The van der Waals surface area contributed by atoms with E-state index in [1.54, 1.807) is 86.9 Å². The fourth-order valence-corrected chi connectivity index (χ4v) is 4.02. The molecule has 42 heavy (non-hydrogen) atoms. The first-order valence-corrected chi connectivity index (χ1v) is 12.6. The van der Waals surface area contributed by atoms with E-state index in [2.05, 4.69) is 10.1 Å². The molecule has 11 heteroatoms. The molecule has 1 N–H and O–H groups in total. The molecule has 4 aromatic carbocycles. The van der Waals surface area contributed by atoms with E-state index in [1.807, 2.05) is 0 Å². The van der Waals surface area contributed by atoms with Gasteiger partial charge in [0.2, 0.25) is 0 Å². The summed E-state index contributed by atoms with van der Waals surface area (Å²) in [6.45, 7) is 0. The molecule has 3 amide bonds. The van der Waals surface area contributed by atoms with Gasteiger partial charge >= 0.3 is 5.97 Å². The minimum atomic E-state index is -0.535. The maximum absolute atomic E-state index is 13.1. The molecular formula is C31H26N4O7. The first kappa shape index (κ1) is 29.2. The number of non-ortho nitro benzene ring substituents is 1. The van der Waals surface area contributed by atoms with Crippen molar-refractivity contribution < 1.29 is 28.8 Å². The Kier molecular flexibility index (Phi) is 8.72. The lowest BCUT2D eigenvalue weighted by atomic mass is 10.1. The highest BCUT2D eigenvalue weighted by atomic mass is 16.6. The number of nitro benzene ring substituents is 1. The molecule has 4 rings (SSSR count). The molecule has 0 heterocycles. The largest absolute Gasteiger partial charge is 0.465 e. The molecule has 0 atom stereocenters. The van der Waals surface area contributed by atoms with E-state index in [9.17, 15) is 29.3 Å². The van der Waals surface area contributed by atoms with Gasteiger partial charge in [0.25, 0.3) is 23.4 Å². The molecule has 0 aliphatic rings. The maximum atomic E-state index is 13.1. The van der Waals surface area contributed by atoms with Crippen molar-refractivity contribution in [3.05, 3.63) is 129 Å². The Bertz CT molecular complexity index is 1630. The summed E-state index contributed by atoms with van der Waals surface area (Å²) >= 11 is 0. The van der Waals surface area contributed by atoms with Crippen LogP contribution in [0.25, 0.3) is 0 Å². The summed E-state index contributed by atoms with van der Waals surface area (Å²) in [6.07, 6.45) is 0. The van der Waals surface area contributed by atoms with Gasteiger partial charge in [-0.1, -0.05) is 0 Å². The summed E-state index contributed by atoms with van der Waals surface area (Å²) in [5.74, 6) is -1.48. The second-order valence-electron chi connectivity index (χ2n) is 9.15. The van der Waals surface area contributed by atoms with Gasteiger partial charge in [-0.3, -0.25) is 24.5 Å². The van der Waals surface area contributed by atoms with Crippen molar-refractivity contribution in [1.29, 1.82) is 0 Å². The number of ether oxygens (including phenoxy) is 1. The van der Waals surface area contributed by atoms with Gasteiger partial charge in [-0.2, -0.15) is 0 Å². The Hall–Kier alpha value is -5.84. The molecule has 0 fully saturated rings. The number of amides is 3. The topological polar surface area (TPSA) is 139 Å². The molecule has 0 spiro atoms. The predicted octanol–water partition coefficient (Wildman–Crippen LogP) is 5.19. The van der Waals surface area contributed by atoms with Gasteiger partial charge in [-0.25, -0.2) is 4.79 Å². The normalized spacial score (nSPS) is 10.4. The van der Waals surface area contributed by atoms with Crippen LogP contribution in [0.3, 0.4) is 0 Å². The fraction of sp³-hybridized carbons (Fsp3) is 0.0968. The monoisotopic (exact) mass is 566 g/mol. The van der Waals surface area contributed by atoms with E-state index >= 15 is 0 Å². The number of methoxy groups -OCH3 is 1. The number of carbonyl (C=O) groups excluding carboxylic acids is 4. The molecule has 0 bridgehead atoms. The van der Waals surface area contributed by atoms with Crippen LogP contribution in [-0.2, 0) is 4.74 Å². The molecule has 0 saturated carbocycles. The van der Waals surface area contributed by atoms with Gasteiger partial charge < -0.3 is 19.9 Å². The number of anilines is 3. The van der Waals surface area contributed by atoms with Gasteiger partial charge in [-0.05, 0) is 84.9 Å². The van der Waals surface area contributed by atoms with Crippen molar-refractivity contribution in [3.8, 4) is 0 Å². The highest BCUT2D eigenvalue weighted by molar-refractivity contribution is 6.08. The molecular weight excluding hydrogens is 540 g/mol. The van der Waals surface area contributed by atoms with Crippen molar-refractivity contribution in [3.63, 3.8) is 0 Å². The Labute approximate surface area is 241 Å². The Morgan fingerprint density at radius 3 is 1.48 bits per heavy atom. The van der Waals surface area contributed by atoms with Gasteiger partial charge in [0, 0.05) is 60.0 Å². The van der Waals surface area contributed by atoms with Crippen LogP contribution < -0.4 is 15.1 Å². The van der Waals surface area contributed by atoms with Gasteiger partial charge in [0.05, 0.1) is 17.6 Å². The smallest absolute Gasteiger partial charge is 0.337 e. The number of carbonyl (C=O) groups is 4. The number of benzene rings is 4. The zero-order valence-electron chi connectivity index (χ0n) is 22.9. The molecule has 0 saturated heterocycles. The zero-order chi connectivity index (χ0) is 30.4. The average molecular weight is 567 g/mol. The van der Waals surface area contributed by atoms with Crippen molar-refractivity contribution in [1.82, 2.24) is 0 Å². The molecule has 0 aliphatic carbocycles. The molecule has 212 valence electrons. The van der Waals surface area contributed by atoms with Crippen LogP contribution in [0.2, 0.25) is 0 Å². The predicted molar refractivity (Wildman–Crippen MR) is 157 cm³/mol. The Morgan fingerprint density at radius 1 is 0.643 bits per heavy atom. The number of nitro groups is 1. The quantitative estimate of drug-likeness (QED) is 0.176. The van der Waals surface area contributed by atoms with Gasteiger partial charge in [-0.15, -0.1) is 0 Å². The summed E-state index contributed by atoms with van der Waals surface area (Å²) in [4.78, 5) is 63.3. The lowest BCUT2D eigenvalue weighted by molar-refractivity contribution is -0.384. The molecule has 0 radical (unpaired) electrons. The molecule has 0 aliphatic heterocycles. The van der Waals surface area contributed by atoms with Crippen molar-refractivity contribution in [2.24, 2.45) is 0 Å². The lowest BCUT2D eigenvalue weighted by Gasteiger charge is -2.20. The molecule has 0 aromatic heterocycles. The SMILES string of the molecule is COC(=O)c1ccc(NC(=O)c2ccc(N(C)C(=O)c3ccc(N(C)C(=O)c4ccc([N+](=O)[O-])cc4)cc3)cc2)cc1. The van der Waals surface area contributed by atoms with Gasteiger partial charge in [0.15, 0.2) is 0 Å². The van der Waals surface area contributed by atoms with Crippen molar-refractivity contribution in [2.45, 2.75) is 0 Å². The highest BCUT2D eigenvalue weighted by Gasteiger charge is 2.18. The first-order valence-electron chi connectivity index (χ1n) is 12.6. The van der Waals surface area contributed by atoms with Crippen LogP contribution in [0.4, 0.5) is 22.7 Å². The van der Waals surface area contributed by atoms with Crippen molar-refractivity contribution >= 4 is 46.4 Å². The van der Waals surface area contributed by atoms with Crippen LogP contribution in [0.1, 0.15) is 41.4 Å². The van der Waals surface area contributed by atoms with E-state index in [0.717, 1.165) is 0 Å². The third-order valence-corrected chi connectivity index (χ3v) is 6.52. The summed E-state index contributed by atoms with van der Waals surface area (Å²) in [7, 11) is 4.47. The summed E-state index contributed by atoms with van der Waals surface area (Å²) in [6, 6.07) is 24.6. The number of esters is 1. The Morgan fingerprint density at radius 2 is 1.05 bits per heavy atom. The molecule has 4 aromatic rings. The van der Waals surface area contributed by atoms with Gasteiger partial charge in [0.1, 0.15) is 0 Å². The highest BCUT2D eigenvalue weighted by Crippen LogP contribution is 2.22. The number of rotatable bonds is 8. The Balaban J connectivity index is 1.38. The number of nitrogens with zero attached hydrogens (tertiary/aromatic N) is 3. The van der Waals surface area contributed by atoms with E-state index in [1.165, 1.54) is 41.2 Å². The summed E-state index contributed by atoms with van der Waals surface area (Å²) in [5.41, 5.74) is 2.91. The second-order valence-corrected chi connectivity index (χ2v) is 9.15. The van der Waals surface area contributed by atoms with Crippen LogP contribution >= 0.6 is 0 Å². The first-order chi connectivity index (χ1) is 20.1. The van der Waals surface area contributed by atoms with E-state index in [-0.39, 0.29) is 29.0 Å². The summed E-state index contributed by atoms with van der Waals surface area (Å²) < 4.78 is 4.66. The van der Waals surface area contributed by atoms with Crippen LogP contribution in [0, 0.1) is 10.1 Å². The van der Waals surface area contributed by atoms with E-state index in [4.69, 9.17) is 0 Å². The second kappa shape index (κ2) is 12.6. The standard InChI is InChI=1S/C31H26N4O7/c1-33(25-14-6-20(7-15-25)28(36)32-24-12-4-23(5-13-24)31(39)42-3)29(37)21-8-16-26(17-9-21)34(2)30(38)22-10-18-27(19-11-22)35(40)41/h4-19H,1-3H3,(H,32,36). The van der Waals surface area contributed by atoms with Crippen LogP contribution in [0.15, 0.2) is 97.1 Å². The minimum Gasteiger partial charge on any atom is -0.465 e.